The zero-order valence-corrected chi connectivity index (χ0v) is 12.7. The zero-order valence-electron chi connectivity index (χ0n) is 12.7. The van der Waals surface area contributed by atoms with E-state index >= 15 is 0 Å². The smallest absolute Gasteiger partial charge is 0.0726 e. The molecule has 0 saturated carbocycles. The van der Waals surface area contributed by atoms with Crippen molar-refractivity contribution < 1.29 is 9.47 Å². The molecule has 2 aliphatic heterocycles. The van der Waals surface area contributed by atoms with Crippen molar-refractivity contribution in [1.82, 2.24) is 10.2 Å². The Morgan fingerprint density at radius 3 is 2.89 bits per heavy atom. The normalized spacial score (nSPS) is 34.6. The molecule has 0 aromatic carbocycles. The molecule has 0 aromatic rings. The largest absolute Gasteiger partial charge is 0.377 e. The number of hydrogen-bond acceptors (Lipinski definition) is 4. The molecule has 0 amide bonds. The second kappa shape index (κ2) is 7.58. The minimum atomic E-state index is 0.374. The van der Waals surface area contributed by atoms with Gasteiger partial charge in [0.25, 0.3) is 0 Å². The Morgan fingerprint density at radius 2 is 2.21 bits per heavy atom. The molecule has 4 heteroatoms. The number of rotatable bonds is 6. The van der Waals surface area contributed by atoms with Gasteiger partial charge < -0.3 is 14.8 Å². The topological polar surface area (TPSA) is 33.7 Å². The Balaban J connectivity index is 1.68. The van der Waals surface area contributed by atoms with Crippen LogP contribution >= 0.6 is 0 Å². The maximum absolute atomic E-state index is 5.74. The summed E-state index contributed by atoms with van der Waals surface area (Å²) in [4.78, 5) is 2.57. The molecular formula is C15H30N2O2. The van der Waals surface area contributed by atoms with Crippen molar-refractivity contribution in [3.05, 3.63) is 0 Å². The maximum atomic E-state index is 5.74. The van der Waals surface area contributed by atoms with Gasteiger partial charge in [0.2, 0.25) is 0 Å². The Hall–Kier alpha value is -0.160. The summed E-state index contributed by atoms with van der Waals surface area (Å²) in [6.07, 6.45) is 4.40. The Bertz CT molecular complexity index is 257. The predicted octanol–water partition coefficient (Wildman–Crippen LogP) is 1.64. The highest BCUT2D eigenvalue weighted by Gasteiger charge is 2.26. The first-order valence-electron chi connectivity index (χ1n) is 7.91. The van der Waals surface area contributed by atoms with E-state index in [0.29, 0.717) is 24.3 Å². The lowest BCUT2D eigenvalue weighted by molar-refractivity contribution is -0.0555. The van der Waals surface area contributed by atoms with Gasteiger partial charge in [0.1, 0.15) is 0 Å². The fourth-order valence-electron chi connectivity index (χ4n) is 3.13. The average Bonchev–Trinajstić information content (AvgIpc) is 2.93. The van der Waals surface area contributed by atoms with E-state index in [2.05, 4.69) is 31.0 Å². The molecule has 0 aliphatic carbocycles. The standard InChI is InChI=1S/C15H30N2O2/c1-4-14-11-19-12(2)10-17(14)8-7-16-13(3)15-6-5-9-18-15/h12-16H,4-11H2,1-3H3. The summed E-state index contributed by atoms with van der Waals surface area (Å²) < 4.78 is 11.5. The van der Waals surface area contributed by atoms with E-state index < -0.39 is 0 Å². The van der Waals surface area contributed by atoms with Gasteiger partial charge in [0.15, 0.2) is 0 Å². The Morgan fingerprint density at radius 1 is 1.37 bits per heavy atom. The van der Waals surface area contributed by atoms with Gasteiger partial charge in [-0.3, -0.25) is 4.90 Å². The van der Waals surface area contributed by atoms with Crippen LogP contribution in [-0.2, 0) is 9.47 Å². The van der Waals surface area contributed by atoms with Gasteiger partial charge >= 0.3 is 0 Å². The summed E-state index contributed by atoms with van der Waals surface area (Å²) in [5.74, 6) is 0. The summed E-state index contributed by atoms with van der Waals surface area (Å²) >= 11 is 0. The molecule has 4 atom stereocenters. The summed E-state index contributed by atoms with van der Waals surface area (Å²) in [6.45, 7) is 11.7. The molecule has 0 spiro atoms. The molecule has 112 valence electrons. The molecule has 2 fully saturated rings. The number of morpholine rings is 1. The molecule has 2 heterocycles. The first-order chi connectivity index (χ1) is 9.20. The summed E-state index contributed by atoms with van der Waals surface area (Å²) in [5, 5.41) is 3.62. The first kappa shape index (κ1) is 15.2. The second-order valence-electron chi connectivity index (χ2n) is 6.00. The van der Waals surface area contributed by atoms with Crippen molar-refractivity contribution in [2.75, 3.05) is 32.8 Å². The minimum absolute atomic E-state index is 0.374. The van der Waals surface area contributed by atoms with Gasteiger partial charge in [-0.25, -0.2) is 0 Å². The Kier molecular flexibility index (Phi) is 6.07. The van der Waals surface area contributed by atoms with E-state index in [1.807, 2.05) is 0 Å². The quantitative estimate of drug-likeness (QED) is 0.795. The zero-order chi connectivity index (χ0) is 13.7. The maximum Gasteiger partial charge on any atom is 0.0726 e. The van der Waals surface area contributed by atoms with Crippen molar-refractivity contribution in [2.24, 2.45) is 0 Å². The first-order valence-corrected chi connectivity index (χ1v) is 7.91. The third-order valence-corrected chi connectivity index (χ3v) is 4.44. The molecule has 1 N–H and O–H groups in total. The lowest BCUT2D eigenvalue weighted by atomic mass is 10.1. The van der Waals surface area contributed by atoms with Crippen LogP contribution in [0.3, 0.4) is 0 Å². The van der Waals surface area contributed by atoms with Crippen molar-refractivity contribution in [3.63, 3.8) is 0 Å². The van der Waals surface area contributed by atoms with Gasteiger partial charge in [0.05, 0.1) is 18.8 Å². The molecule has 2 saturated heterocycles. The van der Waals surface area contributed by atoms with Gasteiger partial charge in [-0.05, 0) is 33.1 Å². The molecule has 0 bridgehead atoms. The van der Waals surface area contributed by atoms with E-state index in [1.54, 1.807) is 0 Å². The van der Waals surface area contributed by atoms with Crippen LogP contribution in [-0.4, -0.2) is 62.0 Å². The predicted molar refractivity (Wildman–Crippen MR) is 77.5 cm³/mol. The molecule has 0 radical (unpaired) electrons. The van der Waals surface area contributed by atoms with Crippen molar-refractivity contribution in [3.8, 4) is 0 Å². The van der Waals surface area contributed by atoms with Crippen LogP contribution in [0.4, 0.5) is 0 Å². The van der Waals surface area contributed by atoms with E-state index in [1.165, 1.54) is 19.3 Å². The molecule has 2 rings (SSSR count). The lowest BCUT2D eigenvalue weighted by Gasteiger charge is -2.38. The van der Waals surface area contributed by atoms with E-state index in [9.17, 15) is 0 Å². The van der Waals surface area contributed by atoms with Crippen molar-refractivity contribution in [1.29, 1.82) is 0 Å². The third kappa shape index (κ3) is 4.42. The van der Waals surface area contributed by atoms with Crippen LogP contribution in [0.2, 0.25) is 0 Å². The molecular weight excluding hydrogens is 240 g/mol. The highest BCUT2D eigenvalue weighted by atomic mass is 16.5. The van der Waals surface area contributed by atoms with Gasteiger partial charge in [0, 0.05) is 38.3 Å². The van der Waals surface area contributed by atoms with Crippen LogP contribution in [0, 0.1) is 0 Å². The molecule has 4 nitrogen and oxygen atoms in total. The molecule has 19 heavy (non-hydrogen) atoms. The summed E-state index contributed by atoms with van der Waals surface area (Å²) in [7, 11) is 0. The highest BCUT2D eigenvalue weighted by molar-refractivity contribution is 4.80. The van der Waals surface area contributed by atoms with Crippen LogP contribution in [0.25, 0.3) is 0 Å². The highest BCUT2D eigenvalue weighted by Crippen LogP contribution is 2.16. The van der Waals surface area contributed by atoms with Gasteiger partial charge in [-0.2, -0.15) is 0 Å². The number of ether oxygens (including phenoxy) is 2. The van der Waals surface area contributed by atoms with Crippen LogP contribution in [0.15, 0.2) is 0 Å². The average molecular weight is 270 g/mol. The van der Waals surface area contributed by atoms with Crippen LogP contribution in [0.5, 0.6) is 0 Å². The van der Waals surface area contributed by atoms with Crippen LogP contribution in [0.1, 0.15) is 40.0 Å². The van der Waals surface area contributed by atoms with Crippen molar-refractivity contribution in [2.45, 2.75) is 64.3 Å². The van der Waals surface area contributed by atoms with Gasteiger partial charge in [-0.1, -0.05) is 6.92 Å². The molecule has 4 unspecified atom stereocenters. The second-order valence-corrected chi connectivity index (χ2v) is 6.00. The SMILES string of the molecule is CCC1COC(C)CN1CCNC(C)C1CCCO1. The van der Waals surface area contributed by atoms with Crippen molar-refractivity contribution >= 4 is 0 Å². The summed E-state index contributed by atoms with van der Waals surface area (Å²) in [6, 6.07) is 1.07. The fourth-order valence-corrected chi connectivity index (χ4v) is 3.13. The Labute approximate surface area is 117 Å². The van der Waals surface area contributed by atoms with E-state index in [4.69, 9.17) is 9.47 Å². The monoisotopic (exact) mass is 270 g/mol. The van der Waals surface area contributed by atoms with Gasteiger partial charge in [-0.15, -0.1) is 0 Å². The van der Waals surface area contributed by atoms with E-state index in [-0.39, 0.29) is 0 Å². The number of hydrogen-bond donors (Lipinski definition) is 1. The fraction of sp³-hybridized carbons (Fsp3) is 1.00. The third-order valence-electron chi connectivity index (χ3n) is 4.44. The number of nitrogens with zero attached hydrogens (tertiary/aromatic N) is 1. The summed E-state index contributed by atoms with van der Waals surface area (Å²) in [5.41, 5.74) is 0. The molecule has 0 aromatic heterocycles. The number of nitrogens with one attached hydrogen (secondary N) is 1. The van der Waals surface area contributed by atoms with Crippen LogP contribution < -0.4 is 5.32 Å². The molecule has 2 aliphatic rings. The van der Waals surface area contributed by atoms with E-state index in [0.717, 1.165) is 32.8 Å². The minimum Gasteiger partial charge on any atom is -0.377 e. The lowest BCUT2D eigenvalue weighted by Crippen LogP contribution is -2.51.